The average molecular weight is 377 g/mol. The number of rotatable bonds is 4. The number of aryl methyl sites for hydroxylation is 1. The molecule has 28 heavy (non-hydrogen) atoms. The molecule has 0 unspecified atom stereocenters. The van der Waals surface area contributed by atoms with E-state index in [4.69, 9.17) is 0 Å². The highest BCUT2D eigenvalue weighted by Gasteiger charge is 2.37. The molecule has 0 aliphatic carbocycles. The molecule has 2 heterocycles. The minimum atomic E-state index is -0.207. The molecule has 0 aromatic heterocycles. The molecular weight excluding hydrogens is 350 g/mol. The van der Waals surface area contributed by atoms with E-state index in [-0.39, 0.29) is 17.7 Å². The summed E-state index contributed by atoms with van der Waals surface area (Å²) in [5.41, 5.74) is 3.53. The molecule has 0 bridgehead atoms. The van der Waals surface area contributed by atoms with Gasteiger partial charge in [-0.3, -0.25) is 9.59 Å². The fourth-order valence-electron chi connectivity index (χ4n) is 4.09. The van der Waals surface area contributed by atoms with Crippen LogP contribution in [-0.2, 0) is 16.1 Å². The second kappa shape index (κ2) is 8.05. The first-order valence-electron chi connectivity index (χ1n) is 10.0. The van der Waals surface area contributed by atoms with Crippen molar-refractivity contribution in [2.24, 2.45) is 5.92 Å². The number of hydrogen-bond donors (Lipinski definition) is 0. The Balaban J connectivity index is 1.32. The molecule has 2 aliphatic rings. The standard InChI is InChI=1S/C23H27N3O2/c1-18-7-9-19(10-8-18)16-26-17-20(15-22(26)27)23(28)25-13-11-24(12-14-25)21-5-3-2-4-6-21/h2-10,20H,11-17H2,1H3/t20-/m0/s1. The van der Waals surface area contributed by atoms with Gasteiger partial charge in [0.1, 0.15) is 0 Å². The van der Waals surface area contributed by atoms with Gasteiger partial charge in [-0.25, -0.2) is 0 Å². The molecule has 4 rings (SSSR count). The van der Waals surface area contributed by atoms with Gasteiger partial charge in [0.25, 0.3) is 0 Å². The number of nitrogens with zero attached hydrogens (tertiary/aromatic N) is 3. The number of likely N-dealkylation sites (tertiary alicyclic amines) is 1. The third-order valence-electron chi connectivity index (χ3n) is 5.77. The number of carbonyl (C=O) groups excluding carboxylic acids is 2. The third-order valence-corrected chi connectivity index (χ3v) is 5.77. The fourth-order valence-corrected chi connectivity index (χ4v) is 4.09. The lowest BCUT2D eigenvalue weighted by Crippen LogP contribution is -2.50. The molecule has 5 heteroatoms. The lowest BCUT2D eigenvalue weighted by molar-refractivity contribution is -0.136. The molecule has 2 aromatic rings. The van der Waals surface area contributed by atoms with Crippen LogP contribution in [0.5, 0.6) is 0 Å². The van der Waals surface area contributed by atoms with E-state index in [1.165, 1.54) is 11.3 Å². The van der Waals surface area contributed by atoms with Crippen LogP contribution in [0.1, 0.15) is 17.5 Å². The zero-order chi connectivity index (χ0) is 19.5. The van der Waals surface area contributed by atoms with Crippen molar-refractivity contribution in [1.29, 1.82) is 0 Å². The molecular formula is C23H27N3O2. The van der Waals surface area contributed by atoms with Crippen molar-refractivity contribution in [1.82, 2.24) is 9.80 Å². The summed E-state index contributed by atoms with van der Waals surface area (Å²) in [5, 5.41) is 0. The summed E-state index contributed by atoms with van der Waals surface area (Å²) in [4.78, 5) is 31.5. The first kappa shape index (κ1) is 18.5. The van der Waals surface area contributed by atoms with Crippen molar-refractivity contribution < 1.29 is 9.59 Å². The van der Waals surface area contributed by atoms with Crippen LogP contribution in [-0.4, -0.2) is 54.3 Å². The van der Waals surface area contributed by atoms with Crippen LogP contribution >= 0.6 is 0 Å². The van der Waals surface area contributed by atoms with E-state index in [1.54, 1.807) is 0 Å². The number of benzene rings is 2. The summed E-state index contributed by atoms with van der Waals surface area (Å²) < 4.78 is 0. The van der Waals surface area contributed by atoms with Crippen molar-refractivity contribution in [2.75, 3.05) is 37.6 Å². The molecule has 5 nitrogen and oxygen atoms in total. The second-order valence-electron chi connectivity index (χ2n) is 7.81. The second-order valence-corrected chi connectivity index (χ2v) is 7.81. The number of para-hydroxylation sites is 1. The van der Waals surface area contributed by atoms with Gasteiger partial charge in [-0.15, -0.1) is 0 Å². The van der Waals surface area contributed by atoms with E-state index >= 15 is 0 Å². The van der Waals surface area contributed by atoms with Gasteiger partial charge in [-0.1, -0.05) is 48.0 Å². The molecule has 0 radical (unpaired) electrons. The van der Waals surface area contributed by atoms with Crippen molar-refractivity contribution >= 4 is 17.5 Å². The van der Waals surface area contributed by atoms with Crippen LogP contribution in [0.2, 0.25) is 0 Å². The average Bonchev–Trinajstić information content (AvgIpc) is 3.10. The van der Waals surface area contributed by atoms with Gasteiger partial charge in [0.15, 0.2) is 0 Å². The predicted molar refractivity (Wildman–Crippen MR) is 110 cm³/mol. The first-order chi connectivity index (χ1) is 13.6. The smallest absolute Gasteiger partial charge is 0.228 e. The van der Waals surface area contributed by atoms with Gasteiger partial charge < -0.3 is 14.7 Å². The number of carbonyl (C=O) groups is 2. The summed E-state index contributed by atoms with van der Waals surface area (Å²) in [7, 11) is 0. The molecule has 2 aromatic carbocycles. The molecule has 2 aliphatic heterocycles. The Hall–Kier alpha value is -2.82. The maximum atomic E-state index is 13.0. The van der Waals surface area contributed by atoms with Crippen molar-refractivity contribution in [2.45, 2.75) is 19.9 Å². The van der Waals surface area contributed by atoms with E-state index in [0.29, 0.717) is 19.5 Å². The van der Waals surface area contributed by atoms with Crippen LogP contribution in [0.3, 0.4) is 0 Å². The van der Waals surface area contributed by atoms with Crippen LogP contribution in [0, 0.1) is 12.8 Å². The van der Waals surface area contributed by atoms with E-state index in [9.17, 15) is 9.59 Å². The quantitative estimate of drug-likeness (QED) is 0.823. The number of amides is 2. The normalized spacial score (nSPS) is 20.0. The fraction of sp³-hybridized carbons (Fsp3) is 0.391. The lowest BCUT2D eigenvalue weighted by atomic mass is 10.1. The molecule has 1 atom stereocenters. The SMILES string of the molecule is Cc1ccc(CN2C[C@@H](C(=O)N3CCN(c4ccccc4)CC3)CC2=O)cc1. The predicted octanol–water partition coefficient (Wildman–Crippen LogP) is 2.69. The Morgan fingerprint density at radius 2 is 1.64 bits per heavy atom. The van der Waals surface area contributed by atoms with Gasteiger partial charge in [-0.2, -0.15) is 0 Å². The largest absolute Gasteiger partial charge is 0.368 e. The van der Waals surface area contributed by atoms with Gasteiger partial charge in [0.2, 0.25) is 11.8 Å². The lowest BCUT2D eigenvalue weighted by Gasteiger charge is -2.37. The Labute approximate surface area is 166 Å². The van der Waals surface area contributed by atoms with Gasteiger partial charge >= 0.3 is 0 Å². The maximum absolute atomic E-state index is 13.0. The van der Waals surface area contributed by atoms with Crippen LogP contribution in [0.4, 0.5) is 5.69 Å². The summed E-state index contributed by atoms with van der Waals surface area (Å²) in [5.74, 6) is 0.00976. The van der Waals surface area contributed by atoms with Crippen molar-refractivity contribution in [3.05, 3.63) is 65.7 Å². The molecule has 2 amide bonds. The molecule has 2 fully saturated rings. The Morgan fingerprint density at radius 1 is 0.964 bits per heavy atom. The minimum Gasteiger partial charge on any atom is -0.368 e. The zero-order valence-electron chi connectivity index (χ0n) is 16.4. The molecule has 0 spiro atoms. The van der Waals surface area contributed by atoms with E-state index in [1.807, 2.05) is 28.0 Å². The monoisotopic (exact) mass is 377 g/mol. The summed E-state index contributed by atoms with van der Waals surface area (Å²) in [6, 6.07) is 18.5. The highest BCUT2D eigenvalue weighted by atomic mass is 16.2. The third kappa shape index (κ3) is 4.03. The highest BCUT2D eigenvalue weighted by molar-refractivity contribution is 5.89. The number of anilines is 1. The highest BCUT2D eigenvalue weighted by Crippen LogP contribution is 2.24. The summed E-state index contributed by atoms with van der Waals surface area (Å²) in [6.45, 7) is 6.28. The number of piperazine rings is 1. The maximum Gasteiger partial charge on any atom is 0.228 e. The van der Waals surface area contributed by atoms with Crippen LogP contribution in [0.25, 0.3) is 0 Å². The van der Waals surface area contributed by atoms with Gasteiger partial charge in [0.05, 0.1) is 5.92 Å². The van der Waals surface area contributed by atoms with E-state index in [0.717, 1.165) is 31.7 Å². The Morgan fingerprint density at radius 3 is 2.32 bits per heavy atom. The van der Waals surface area contributed by atoms with Crippen molar-refractivity contribution in [3.63, 3.8) is 0 Å². The summed E-state index contributed by atoms with van der Waals surface area (Å²) in [6.07, 6.45) is 0.337. The summed E-state index contributed by atoms with van der Waals surface area (Å²) >= 11 is 0. The molecule has 2 saturated heterocycles. The zero-order valence-corrected chi connectivity index (χ0v) is 16.4. The Bertz CT molecular complexity index is 827. The van der Waals surface area contributed by atoms with Gasteiger partial charge in [0, 0.05) is 51.4 Å². The topological polar surface area (TPSA) is 43.9 Å². The molecule has 146 valence electrons. The van der Waals surface area contributed by atoms with E-state index < -0.39 is 0 Å². The van der Waals surface area contributed by atoms with Crippen molar-refractivity contribution in [3.8, 4) is 0 Å². The van der Waals surface area contributed by atoms with Crippen LogP contribution < -0.4 is 4.90 Å². The van der Waals surface area contributed by atoms with Gasteiger partial charge in [-0.05, 0) is 24.6 Å². The molecule has 0 N–H and O–H groups in total. The Kier molecular flexibility index (Phi) is 5.33. The minimum absolute atomic E-state index is 0.0850. The van der Waals surface area contributed by atoms with Crippen LogP contribution in [0.15, 0.2) is 54.6 Å². The van der Waals surface area contributed by atoms with E-state index in [2.05, 4.69) is 48.2 Å². The first-order valence-corrected chi connectivity index (χ1v) is 10.0. The molecule has 0 saturated carbocycles. The number of hydrogen-bond acceptors (Lipinski definition) is 3.